The zero-order valence-electron chi connectivity index (χ0n) is 9.11. The molecule has 2 N–H and O–H groups in total. The fraction of sp³-hybridized carbons (Fsp3) is 0.364. The lowest BCUT2D eigenvalue weighted by Crippen LogP contribution is -2.39. The Bertz CT molecular complexity index is 428. The van der Waals surface area contributed by atoms with Gasteiger partial charge in [0.1, 0.15) is 6.04 Å². The maximum Gasteiger partial charge on any atom is 0.325 e. The van der Waals surface area contributed by atoms with E-state index in [0.717, 1.165) is 10.0 Å². The third kappa shape index (κ3) is 2.54. The molecule has 6 heteroatoms. The maximum atomic E-state index is 11.5. The third-order valence-electron chi connectivity index (χ3n) is 2.73. The second kappa shape index (κ2) is 5.48. The summed E-state index contributed by atoms with van der Waals surface area (Å²) in [4.78, 5) is 11.5. The average molecular weight is 364 g/mol. The Morgan fingerprint density at radius 3 is 2.71 bits per heavy atom. The number of benzene rings is 1. The highest BCUT2D eigenvalue weighted by atomic mass is 79.9. The van der Waals surface area contributed by atoms with Gasteiger partial charge < -0.3 is 4.74 Å². The van der Waals surface area contributed by atoms with Crippen molar-refractivity contribution in [2.75, 3.05) is 7.11 Å². The van der Waals surface area contributed by atoms with E-state index in [2.05, 4.69) is 42.7 Å². The summed E-state index contributed by atoms with van der Waals surface area (Å²) in [5.74, 6) is -0.283. The van der Waals surface area contributed by atoms with Gasteiger partial charge in [0.25, 0.3) is 0 Å². The number of carbonyl (C=O) groups is 1. The highest BCUT2D eigenvalue weighted by Gasteiger charge is 2.40. The molecule has 0 aliphatic carbocycles. The lowest BCUT2D eigenvalue weighted by atomic mass is 10.0. The molecular formula is C11H12Br2N2O2. The molecule has 0 spiro atoms. The number of alkyl halides is 1. The van der Waals surface area contributed by atoms with E-state index in [1.165, 1.54) is 7.11 Å². The fourth-order valence-corrected chi connectivity index (χ4v) is 3.12. The Hall–Kier alpha value is -0.430. The van der Waals surface area contributed by atoms with Crippen molar-refractivity contribution >= 4 is 37.8 Å². The number of rotatable bonds is 2. The van der Waals surface area contributed by atoms with E-state index in [1.807, 2.05) is 24.3 Å². The highest BCUT2D eigenvalue weighted by Crippen LogP contribution is 2.33. The van der Waals surface area contributed by atoms with Crippen LogP contribution in [0.4, 0.5) is 0 Å². The van der Waals surface area contributed by atoms with Gasteiger partial charge in [-0.05, 0) is 11.6 Å². The molecule has 4 nitrogen and oxygen atoms in total. The number of esters is 1. The summed E-state index contributed by atoms with van der Waals surface area (Å²) in [6.07, 6.45) is 0. The number of hydrogen-bond donors (Lipinski definition) is 2. The van der Waals surface area contributed by atoms with Crippen LogP contribution in [0, 0.1) is 0 Å². The Morgan fingerprint density at radius 1 is 1.35 bits per heavy atom. The van der Waals surface area contributed by atoms with E-state index >= 15 is 0 Å². The molecule has 17 heavy (non-hydrogen) atoms. The molecule has 0 bridgehead atoms. The monoisotopic (exact) mass is 362 g/mol. The minimum atomic E-state index is -0.392. The molecule has 1 saturated heterocycles. The van der Waals surface area contributed by atoms with E-state index in [9.17, 15) is 4.79 Å². The van der Waals surface area contributed by atoms with Gasteiger partial charge in [0.15, 0.2) is 0 Å². The minimum absolute atomic E-state index is 0.00896. The topological polar surface area (TPSA) is 50.4 Å². The van der Waals surface area contributed by atoms with Crippen LogP contribution < -0.4 is 10.9 Å². The number of methoxy groups -OCH3 is 1. The summed E-state index contributed by atoms with van der Waals surface area (Å²) in [5.41, 5.74) is 7.13. The molecule has 0 aromatic heterocycles. The lowest BCUT2D eigenvalue weighted by molar-refractivity contribution is -0.142. The molecule has 1 aliphatic rings. The SMILES string of the molecule is COC(=O)C1NNC(c2ccccc2Br)C1Br. The Balaban J connectivity index is 2.21. The summed E-state index contributed by atoms with van der Waals surface area (Å²) in [6, 6.07) is 7.52. The van der Waals surface area contributed by atoms with Gasteiger partial charge in [-0.25, -0.2) is 10.9 Å². The van der Waals surface area contributed by atoms with E-state index in [4.69, 9.17) is 4.74 Å². The molecule has 1 aromatic rings. The molecule has 2 rings (SSSR count). The van der Waals surface area contributed by atoms with Crippen LogP contribution in [-0.2, 0) is 9.53 Å². The van der Waals surface area contributed by atoms with Crippen molar-refractivity contribution in [2.45, 2.75) is 16.9 Å². The van der Waals surface area contributed by atoms with E-state index in [-0.39, 0.29) is 16.8 Å². The van der Waals surface area contributed by atoms with Gasteiger partial charge in [0, 0.05) is 4.47 Å². The first-order chi connectivity index (χ1) is 8.15. The summed E-state index contributed by atoms with van der Waals surface area (Å²) in [5, 5.41) is 0. The van der Waals surface area contributed by atoms with Crippen molar-refractivity contribution in [3.05, 3.63) is 34.3 Å². The van der Waals surface area contributed by atoms with Gasteiger partial charge in [-0.1, -0.05) is 50.1 Å². The Labute approximate surface area is 116 Å². The predicted molar refractivity (Wildman–Crippen MR) is 71.7 cm³/mol. The second-order valence-corrected chi connectivity index (χ2v) is 5.64. The van der Waals surface area contributed by atoms with Crippen LogP contribution in [0.1, 0.15) is 11.6 Å². The standard InChI is InChI=1S/C11H12Br2N2O2/c1-17-11(16)10-8(13)9(14-15-10)6-4-2-3-5-7(6)12/h2-5,8-10,14-15H,1H3. The quantitative estimate of drug-likeness (QED) is 0.622. The van der Waals surface area contributed by atoms with Crippen molar-refractivity contribution in [1.82, 2.24) is 10.9 Å². The number of halogens is 2. The van der Waals surface area contributed by atoms with Gasteiger partial charge >= 0.3 is 5.97 Å². The van der Waals surface area contributed by atoms with Crippen molar-refractivity contribution in [1.29, 1.82) is 0 Å². The normalized spacial score (nSPS) is 28.1. The van der Waals surface area contributed by atoms with Crippen LogP contribution in [0.25, 0.3) is 0 Å². The van der Waals surface area contributed by atoms with Crippen LogP contribution >= 0.6 is 31.9 Å². The van der Waals surface area contributed by atoms with Gasteiger partial charge in [-0.3, -0.25) is 4.79 Å². The third-order valence-corrected chi connectivity index (χ3v) is 4.51. The Morgan fingerprint density at radius 2 is 2.06 bits per heavy atom. The first kappa shape index (κ1) is 13.0. The van der Waals surface area contributed by atoms with Gasteiger partial charge in [-0.15, -0.1) is 0 Å². The van der Waals surface area contributed by atoms with E-state index in [0.29, 0.717) is 0 Å². The van der Waals surface area contributed by atoms with Crippen LogP contribution in [0.15, 0.2) is 28.7 Å². The molecule has 1 aliphatic heterocycles. The molecular weight excluding hydrogens is 352 g/mol. The molecule has 3 atom stereocenters. The van der Waals surface area contributed by atoms with Crippen LogP contribution in [0.2, 0.25) is 0 Å². The summed E-state index contributed by atoms with van der Waals surface area (Å²) < 4.78 is 5.74. The van der Waals surface area contributed by atoms with E-state index in [1.54, 1.807) is 0 Å². The van der Waals surface area contributed by atoms with Crippen LogP contribution in [0.3, 0.4) is 0 Å². The number of hydrazine groups is 1. The number of ether oxygens (including phenoxy) is 1. The minimum Gasteiger partial charge on any atom is -0.468 e. The summed E-state index contributed by atoms with van der Waals surface area (Å²) >= 11 is 7.04. The molecule has 0 saturated carbocycles. The van der Waals surface area contributed by atoms with Gasteiger partial charge in [0.05, 0.1) is 18.0 Å². The lowest BCUT2D eigenvalue weighted by Gasteiger charge is -2.17. The highest BCUT2D eigenvalue weighted by molar-refractivity contribution is 9.10. The van der Waals surface area contributed by atoms with Crippen molar-refractivity contribution in [2.24, 2.45) is 0 Å². The van der Waals surface area contributed by atoms with Crippen LogP contribution in [-0.4, -0.2) is 23.9 Å². The molecule has 1 aromatic carbocycles. The smallest absolute Gasteiger partial charge is 0.325 e. The molecule has 1 fully saturated rings. The predicted octanol–water partition coefficient (Wildman–Crippen LogP) is 1.90. The Kier molecular flexibility index (Phi) is 4.19. The molecule has 0 amide bonds. The van der Waals surface area contributed by atoms with Crippen molar-refractivity contribution in [3.8, 4) is 0 Å². The first-order valence-corrected chi connectivity index (χ1v) is 6.83. The van der Waals surface area contributed by atoms with Crippen LogP contribution in [0.5, 0.6) is 0 Å². The van der Waals surface area contributed by atoms with Gasteiger partial charge in [0.2, 0.25) is 0 Å². The van der Waals surface area contributed by atoms with E-state index < -0.39 is 6.04 Å². The number of hydrogen-bond acceptors (Lipinski definition) is 4. The summed E-state index contributed by atoms with van der Waals surface area (Å²) in [7, 11) is 1.38. The van der Waals surface area contributed by atoms with Gasteiger partial charge in [-0.2, -0.15) is 0 Å². The van der Waals surface area contributed by atoms with Crippen molar-refractivity contribution < 1.29 is 9.53 Å². The molecule has 1 heterocycles. The largest absolute Gasteiger partial charge is 0.468 e. The average Bonchev–Trinajstić information content (AvgIpc) is 2.71. The molecule has 92 valence electrons. The van der Waals surface area contributed by atoms with Crippen molar-refractivity contribution in [3.63, 3.8) is 0 Å². The molecule has 3 unspecified atom stereocenters. The first-order valence-electron chi connectivity index (χ1n) is 5.12. The second-order valence-electron chi connectivity index (χ2n) is 3.73. The maximum absolute atomic E-state index is 11.5. The number of carbonyl (C=O) groups excluding carboxylic acids is 1. The summed E-state index contributed by atoms with van der Waals surface area (Å²) in [6.45, 7) is 0. The number of nitrogens with one attached hydrogen (secondary N) is 2. The molecule has 0 radical (unpaired) electrons. The zero-order chi connectivity index (χ0) is 12.4. The zero-order valence-corrected chi connectivity index (χ0v) is 12.3. The fourth-order valence-electron chi connectivity index (χ4n) is 1.82.